The molecule has 0 amide bonds. The molecule has 0 saturated heterocycles. The molecule has 0 radical (unpaired) electrons. The number of benzene rings is 1. The zero-order valence-corrected chi connectivity index (χ0v) is 14.3. The van der Waals surface area contributed by atoms with Crippen LogP contribution in [0, 0.1) is 5.92 Å². The monoisotopic (exact) mass is 296 g/mol. The average Bonchev–Trinajstić information content (AvgIpc) is 2.37. The van der Waals surface area contributed by atoms with E-state index in [9.17, 15) is 0 Å². The summed E-state index contributed by atoms with van der Waals surface area (Å²) in [5.74, 6) is 0.632. The van der Waals surface area contributed by atoms with Crippen LogP contribution < -0.4 is 10.2 Å². The molecule has 1 aromatic rings. The van der Waals surface area contributed by atoms with Gasteiger partial charge in [0.25, 0.3) is 0 Å². The van der Waals surface area contributed by atoms with E-state index >= 15 is 0 Å². The lowest BCUT2D eigenvalue weighted by Crippen LogP contribution is -2.35. The number of hydrogen-bond donors (Lipinski definition) is 1. The predicted octanol–water partition coefficient (Wildman–Crippen LogP) is 4.71. The van der Waals surface area contributed by atoms with Crippen LogP contribution in [0.3, 0.4) is 0 Å². The molecular weight excluding hydrogens is 268 g/mol. The van der Waals surface area contributed by atoms with Gasteiger partial charge in [-0.15, -0.1) is 0 Å². The van der Waals surface area contributed by atoms with Crippen molar-refractivity contribution in [3.05, 3.63) is 28.8 Å². The highest BCUT2D eigenvalue weighted by Crippen LogP contribution is 2.29. The van der Waals surface area contributed by atoms with Crippen LogP contribution in [0.1, 0.15) is 46.6 Å². The Morgan fingerprint density at radius 1 is 1.20 bits per heavy atom. The first-order valence-electron chi connectivity index (χ1n) is 7.72. The molecule has 114 valence electrons. The van der Waals surface area contributed by atoms with E-state index in [0.717, 1.165) is 31.1 Å². The fourth-order valence-corrected chi connectivity index (χ4v) is 2.60. The predicted molar refractivity (Wildman–Crippen MR) is 90.8 cm³/mol. The lowest BCUT2D eigenvalue weighted by molar-refractivity contribution is 0.567. The second-order valence-electron chi connectivity index (χ2n) is 6.05. The zero-order valence-electron chi connectivity index (χ0n) is 13.5. The smallest absolute Gasteiger partial charge is 0.0471 e. The van der Waals surface area contributed by atoms with Crippen molar-refractivity contribution in [1.82, 2.24) is 5.32 Å². The molecule has 0 bridgehead atoms. The SMILES string of the molecule is CCCNCc1c(Cl)cccc1N(CC(C)C)C(C)C. The first kappa shape index (κ1) is 17.3. The largest absolute Gasteiger partial charge is 0.369 e. The van der Waals surface area contributed by atoms with Crippen LogP contribution in [0.2, 0.25) is 5.02 Å². The van der Waals surface area contributed by atoms with Gasteiger partial charge in [-0.25, -0.2) is 0 Å². The summed E-state index contributed by atoms with van der Waals surface area (Å²) in [4.78, 5) is 2.46. The van der Waals surface area contributed by atoms with E-state index in [1.54, 1.807) is 0 Å². The minimum Gasteiger partial charge on any atom is -0.369 e. The molecule has 0 unspecified atom stereocenters. The van der Waals surface area contributed by atoms with Crippen molar-refractivity contribution < 1.29 is 0 Å². The van der Waals surface area contributed by atoms with E-state index in [2.05, 4.69) is 57.0 Å². The van der Waals surface area contributed by atoms with Crippen molar-refractivity contribution in [1.29, 1.82) is 0 Å². The maximum absolute atomic E-state index is 6.43. The first-order valence-corrected chi connectivity index (χ1v) is 8.09. The van der Waals surface area contributed by atoms with Gasteiger partial charge in [-0.2, -0.15) is 0 Å². The lowest BCUT2D eigenvalue weighted by Gasteiger charge is -2.33. The van der Waals surface area contributed by atoms with Crippen molar-refractivity contribution in [2.75, 3.05) is 18.0 Å². The van der Waals surface area contributed by atoms with Crippen LogP contribution in [0.15, 0.2) is 18.2 Å². The fraction of sp³-hybridized carbons (Fsp3) is 0.647. The number of rotatable bonds is 8. The molecule has 0 aliphatic rings. The van der Waals surface area contributed by atoms with Gasteiger partial charge in [-0.1, -0.05) is 38.4 Å². The number of hydrogen-bond acceptors (Lipinski definition) is 2. The maximum atomic E-state index is 6.43. The quantitative estimate of drug-likeness (QED) is 0.699. The summed E-state index contributed by atoms with van der Waals surface area (Å²) < 4.78 is 0. The van der Waals surface area contributed by atoms with E-state index in [0.29, 0.717) is 12.0 Å². The summed E-state index contributed by atoms with van der Waals surface area (Å²) in [5.41, 5.74) is 2.49. The highest BCUT2D eigenvalue weighted by atomic mass is 35.5. The minimum atomic E-state index is 0.473. The molecule has 0 aliphatic heterocycles. The van der Waals surface area contributed by atoms with Gasteiger partial charge in [0.15, 0.2) is 0 Å². The third-order valence-electron chi connectivity index (χ3n) is 3.32. The fourth-order valence-electron chi connectivity index (χ4n) is 2.36. The maximum Gasteiger partial charge on any atom is 0.0471 e. The summed E-state index contributed by atoms with van der Waals surface area (Å²) in [6.45, 7) is 14.1. The number of nitrogens with zero attached hydrogens (tertiary/aromatic N) is 1. The van der Waals surface area contributed by atoms with Crippen LogP contribution in [-0.4, -0.2) is 19.1 Å². The Kier molecular flexibility index (Phi) is 7.39. The Morgan fingerprint density at radius 2 is 1.90 bits per heavy atom. The second-order valence-corrected chi connectivity index (χ2v) is 6.46. The summed E-state index contributed by atoms with van der Waals surface area (Å²) in [6.07, 6.45) is 1.14. The molecule has 1 aromatic carbocycles. The molecule has 3 heteroatoms. The normalized spacial score (nSPS) is 11.4. The molecule has 0 aliphatic carbocycles. The molecule has 2 nitrogen and oxygen atoms in total. The highest BCUT2D eigenvalue weighted by Gasteiger charge is 2.17. The van der Waals surface area contributed by atoms with E-state index in [1.165, 1.54) is 11.3 Å². The topological polar surface area (TPSA) is 15.3 Å². The van der Waals surface area contributed by atoms with E-state index in [1.807, 2.05) is 6.07 Å². The highest BCUT2D eigenvalue weighted by molar-refractivity contribution is 6.31. The molecule has 20 heavy (non-hydrogen) atoms. The van der Waals surface area contributed by atoms with Crippen LogP contribution >= 0.6 is 11.6 Å². The second kappa shape index (κ2) is 8.53. The average molecular weight is 297 g/mol. The Hall–Kier alpha value is -0.730. The van der Waals surface area contributed by atoms with Crippen molar-refractivity contribution in [3.63, 3.8) is 0 Å². The van der Waals surface area contributed by atoms with Gasteiger partial charge in [0, 0.05) is 35.4 Å². The molecular formula is C17H29ClN2. The number of halogens is 1. The van der Waals surface area contributed by atoms with Crippen LogP contribution in [0.5, 0.6) is 0 Å². The molecule has 0 atom stereocenters. The van der Waals surface area contributed by atoms with Crippen molar-refractivity contribution in [2.45, 2.75) is 53.6 Å². The van der Waals surface area contributed by atoms with Crippen LogP contribution in [0.25, 0.3) is 0 Å². The Balaban J connectivity index is 3.03. The molecule has 0 fully saturated rings. The van der Waals surface area contributed by atoms with Crippen LogP contribution in [0.4, 0.5) is 5.69 Å². The van der Waals surface area contributed by atoms with Gasteiger partial charge in [0.2, 0.25) is 0 Å². The lowest BCUT2D eigenvalue weighted by atomic mass is 10.1. The molecule has 0 heterocycles. The van der Waals surface area contributed by atoms with Gasteiger partial charge in [0.1, 0.15) is 0 Å². The van der Waals surface area contributed by atoms with Crippen molar-refractivity contribution in [2.24, 2.45) is 5.92 Å². The summed E-state index contributed by atoms with van der Waals surface area (Å²) in [6, 6.07) is 6.70. The Bertz CT molecular complexity index is 402. The van der Waals surface area contributed by atoms with Gasteiger partial charge in [0.05, 0.1) is 0 Å². The molecule has 1 N–H and O–H groups in total. The zero-order chi connectivity index (χ0) is 15.1. The minimum absolute atomic E-state index is 0.473. The Morgan fingerprint density at radius 3 is 2.45 bits per heavy atom. The van der Waals surface area contributed by atoms with Gasteiger partial charge in [-0.05, 0) is 44.9 Å². The molecule has 0 aromatic heterocycles. The summed E-state index contributed by atoms with van der Waals surface area (Å²) in [7, 11) is 0. The number of nitrogens with one attached hydrogen (secondary N) is 1. The summed E-state index contributed by atoms with van der Waals surface area (Å²) >= 11 is 6.43. The Labute approximate surface area is 129 Å². The van der Waals surface area contributed by atoms with Gasteiger partial charge in [-0.3, -0.25) is 0 Å². The van der Waals surface area contributed by atoms with Gasteiger partial charge < -0.3 is 10.2 Å². The third-order valence-corrected chi connectivity index (χ3v) is 3.67. The third kappa shape index (κ3) is 4.99. The van der Waals surface area contributed by atoms with E-state index < -0.39 is 0 Å². The molecule has 0 saturated carbocycles. The van der Waals surface area contributed by atoms with E-state index in [4.69, 9.17) is 11.6 Å². The number of anilines is 1. The molecule has 0 spiro atoms. The van der Waals surface area contributed by atoms with Crippen LogP contribution in [-0.2, 0) is 6.54 Å². The summed E-state index contributed by atoms with van der Waals surface area (Å²) in [5, 5.41) is 4.33. The first-order chi connectivity index (χ1) is 9.47. The standard InChI is InChI=1S/C17H29ClN2/c1-6-10-19-11-15-16(18)8-7-9-17(15)20(14(4)5)12-13(2)3/h7-9,13-14,19H,6,10-12H2,1-5H3. The van der Waals surface area contributed by atoms with Crippen molar-refractivity contribution >= 4 is 17.3 Å². The van der Waals surface area contributed by atoms with Gasteiger partial charge >= 0.3 is 0 Å². The van der Waals surface area contributed by atoms with E-state index in [-0.39, 0.29) is 0 Å². The molecule has 1 rings (SSSR count). The van der Waals surface area contributed by atoms with Crippen molar-refractivity contribution in [3.8, 4) is 0 Å².